The van der Waals surface area contributed by atoms with E-state index in [0.29, 0.717) is 29.5 Å². The molecule has 1 fully saturated rings. The summed E-state index contributed by atoms with van der Waals surface area (Å²) >= 11 is 6.17. The van der Waals surface area contributed by atoms with Crippen LogP contribution >= 0.6 is 11.6 Å². The zero-order chi connectivity index (χ0) is 20.0. The maximum absolute atomic E-state index is 6.23. The molecule has 0 radical (unpaired) electrons. The number of benzene rings is 1. The van der Waals surface area contributed by atoms with Gasteiger partial charge in [-0.15, -0.1) is 0 Å². The van der Waals surface area contributed by atoms with Crippen molar-refractivity contribution in [2.24, 2.45) is 0 Å². The molecular weight excluding hydrogens is 392 g/mol. The summed E-state index contributed by atoms with van der Waals surface area (Å²) in [5.41, 5.74) is 3.44. The first-order chi connectivity index (χ1) is 14.0. The van der Waals surface area contributed by atoms with Crippen molar-refractivity contribution in [1.29, 1.82) is 0 Å². The van der Waals surface area contributed by atoms with Crippen molar-refractivity contribution in [2.75, 3.05) is 6.61 Å². The van der Waals surface area contributed by atoms with E-state index in [9.17, 15) is 0 Å². The van der Waals surface area contributed by atoms with Crippen LogP contribution in [0.2, 0.25) is 5.15 Å². The first kappa shape index (κ1) is 18.7. The minimum atomic E-state index is -0.671. The van der Waals surface area contributed by atoms with E-state index < -0.39 is 5.79 Å². The normalized spacial score (nSPS) is 25.3. The molecule has 1 aliphatic carbocycles. The van der Waals surface area contributed by atoms with Crippen molar-refractivity contribution >= 4 is 22.8 Å². The van der Waals surface area contributed by atoms with Crippen molar-refractivity contribution in [2.45, 2.75) is 44.5 Å². The third kappa shape index (κ3) is 3.44. The van der Waals surface area contributed by atoms with E-state index in [4.69, 9.17) is 25.8 Å². The Hall–Kier alpha value is -2.32. The molecule has 0 saturated carbocycles. The van der Waals surface area contributed by atoms with E-state index in [1.807, 2.05) is 48.7 Å². The molecule has 2 aliphatic rings. The van der Waals surface area contributed by atoms with Gasteiger partial charge in [-0.3, -0.25) is 0 Å². The Morgan fingerprint density at radius 3 is 2.76 bits per heavy atom. The van der Waals surface area contributed by atoms with Crippen molar-refractivity contribution in [3.05, 3.63) is 65.4 Å². The third-order valence-electron chi connectivity index (χ3n) is 5.23. The maximum Gasteiger partial charge on any atom is 0.165 e. The summed E-state index contributed by atoms with van der Waals surface area (Å²) in [5.74, 6) is -0.671. The van der Waals surface area contributed by atoms with Gasteiger partial charge in [-0.05, 0) is 25.0 Å². The SMILES string of the molecule is CC1(C)O[C@@H]2[C@H](O1)C(COCc1ccccc1)=C[C@H]2n1cnc2c(Cl)ncnc21. The minimum absolute atomic E-state index is 0.118. The fraction of sp³-hybridized carbons (Fsp3) is 0.381. The average molecular weight is 413 g/mol. The minimum Gasteiger partial charge on any atom is -0.372 e. The van der Waals surface area contributed by atoms with Gasteiger partial charge in [0.05, 0.1) is 25.6 Å². The summed E-state index contributed by atoms with van der Waals surface area (Å²) in [6.45, 7) is 4.86. The molecule has 0 bridgehead atoms. The van der Waals surface area contributed by atoms with E-state index in [1.54, 1.807) is 6.33 Å². The van der Waals surface area contributed by atoms with Crippen LogP contribution in [-0.2, 0) is 20.8 Å². The van der Waals surface area contributed by atoms with E-state index in [2.05, 4.69) is 21.0 Å². The number of aromatic nitrogens is 4. The van der Waals surface area contributed by atoms with E-state index in [1.165, 1.54) is 6.33 Å². The van der Waals surface area contributed by atoms with Gasteiger partial charge in [0.15, 0.2) is 16.6 Å². The van der Waals surface area contributed by atoms with Crippen LogP contribution in [0, 0.1) is 0 Å². The second-order valence-corrected chi connectivity index (χ2v) is 8.08. The molecule has 3 atom stereocenters. The first-order valence-electron chi connectivity index (χ1n) is 9.53. The van der Waals surface area contributed by atoms with Gasteiger partial charge in [0.1, 0.15) is 24.1 Å². The number of imidazole rings is 1. The van der Waals surface area contributed by atoms with Crippen LogP contribution in [0.5, 0.6) is 0 Å². The molecule has 1 aromatic carbocycles. The summed E-state index contributed by atoms with van der Waals surface area (Å²) in [7, 11) is 0. The molecule has 3 aromatic rings. The smallest absolute Gasteiger partial charge is 0.165 e. The zero-order valence-electron chi connectivity index (χ0n) is 16.2. The summed E-state index contributed by atoms with van der Waals surface area (Å²) in [5, 5.41) is 0.336. The highest BCUT2D eigenvalue weighted by Gasteiger charge is 2.50. The summed E-state index contributed by atoms with van der Waals surface area (Å²) < 4.78 is 20.4. The van der Waals surface area contributed by atoms with Gasteiger partial charge in [0, 0.05) is 0 Å². The molecule has 0 unspecified atom stereocenters. The Bertz CT molecular complexity index is 1070. The predicted octanol–water partition coefficient (Wildman–Crippen LogP) is 3.70. The molecule has 8 heteroatoms. The van der Waals surface area contributed by atoms with Gasteiger partial charge in [-0.1, -0.05) is 48.0 Å². The van der Waals surface area contributed by atoms with E-state index >= 15 is 0 Å². The van der Waals surface area contributed by atoms with Gasteiger partial charge in [-0.25, -0.2) is 15.0 Å². The predicted molar refractivity (Wildman–Crippen MR) is 107 cm³/mol. The van der Waals surface area contributed by atoms with E-state index in [-0.39, 0.29) is 18.2 Å². The molecular formula is C21H21ClN4O3. The highest BCUT2D eigenvalue weighted by molar-refractivity contribution is 6.33. The molecule has 0 spiro atoms. The molecule has 1 saturated heterocycles. The Balaban J connectivity index is 1.42. The van der Waals surface area contributed by atoms with Crippen LogP contribution in [0.4, 0.5) is 0 Å². The largest absolute Gasteiger partial charge is 0.372 e. The van der Waals surface area contributed by atoms with Crippen LogP contribution in [0.25, 0.3) is 11.2 Å². The highest BCUT2D eigenvalue weighted by Crippen LogP contribution is 2.44. The first-order valence-corrected chi connectivity index (χ1v) is 9.90. The van der Waals surface area contributed by atoms with Crippen molar-refractivity contribution in [1.82, 2.24) is 19.5 Å². The third-order valence-corrected chi connectivity index (χ3v) is 5.51. The Morgan fingerprint density at radius 2 is 1.93 bits per heavy atom. The average Bonchev–Trinajstić information content (AvgIpc) is 3.35. The number of hydrogen-bond donors (Lipinski definition) is 0. The van der Waals surface area contributed by atoms with Crippen LogP contribution in [0.3, 0.4) is 0 Å². The molecule has 0 amide bonds. The van der Waals surface area contributed by atoms with Gasteiger partial charge in [-0.2, -0.15) is 0 Å². The standard InChI is InChI=1S/C21H21ClN4O3/c1-21(2)28-17-14(10-27-9-13-6-4-3-5-7-13)8-15(18(17)29-21)26-12-25-16-19(22)23-11-24-20(16)26/h3-8,11-12,15,17-18H,9-10H2,1-2H3/t15-,17-,18+/m1/s1. The molecule has 5 rings (SSSR count). The summed E-state index contributed by atoms with van der Waals surface area (Å²) in [6, 6.07) is 9.99. The number of nitrogens with zero attached hydrogens (tertiary/aromatic N) is 4. The highest BCUT2D eigenvalue weighted by atomic mass is 35.5. The van der Waals surface area contributed by atoms with Gasteiger partial charge in [0.25, 0.3) is 0 Å². The topological polar surface area (TPSA) is 71.3 Å². The van der Waals surface area contributed by atoms with Gasteiger partial charge < -0.3 is 18.8 Å². The fourth-order valence-electron chi connectivity index (χ4n) is 4.01. The zero-order valence-corrected chi connectivity index (χ0v) is 16.9. The van der Waals surface area contributed by atoms with Crippen molar-refractivity contribution in [3.63, 3.8) is 0 Å². The van der Waals surface area contributed by atoms with Crippen LogP contribution < -0.4 is 0 Å². The monoisotopic (exact) mass is 412 g/mol. The quantitative estimate of drug-likeness (QED) is 0.470. The molecule has 2 aromatic heterocycles. The fourth-order valence-corrected chi connectivity index (χ4v) is 4.18. The molecule has 1 aliphatic heterocycles. The Labute approximate surface area is 173 Å². The van der Waals surface area contributed by atoms with Gasteiger partial charge in [0.2, 0.25) is 0 Å². The lowest BCUT2D eigenvalue weighted by molar-refractivity contribution is -0.148. The number of halogens is 1. The van der Waals surface area contributed by atoms with E-state index in [0.717, 1.165) is 11.1 Å². The molecule has 150 valence electrons. The Morgan fingerprint density at radius 1 is 1.10 bits per heavy atom. The molecule has 7 nitrogen and oxygen atoms in total. The lowest BCUT2D eigenvalue weighted by Gasteiger charge is -2.21. The van der Waals surface area contributed by atoms with Crippen molar-refractivity contribution in [3.8, 4) is 0 Å². The number of fused-ring (bicyclic) bond motifs is 2. The van der Waals surface area contributed by atoms with Gasteiger partial charge >= 0.3 is 0 Å². The van der Waals surface area contributed by atoms with Crippen LogP contribution in [-0.4, -0.2) is 44.1 Å². The van der Waals surface area contributed by atoms with Crippen LogP contribution in [0.1, 0.15) is 25.5 Å². The second-order valence-electron chi connectivity index (χ2n) is 7.72. The lowest BCUT2D eigenvalue weighted by Crippen LogP contribution is -2.28. The molecule has 29 heavy (non-hydrogen) atoms. The van der Waals surface area contributed by atoms with Crippen LogP contribution in [0.15, 0.2) is 54.6 Å². The molecule has 3 heterocycles. The van der Waals surface area contributed by atoms with Crippen molar-refractivity contribution < 1.29 is 14.2 Å². The number of rotatable bonds is 5. The summed E-state index contributed by atoms with van der Waals surface area (Å²) in [6.07, 6.45) is 4.93. The second kappa shape index (κ2) is 7.18. The summed E-state index contributed by atoms with van der Waals surface area (Å²) in [4.78, 5) is 12.8. The lowest BCUT2D eigenvalue weighted by atomic mass is 10.1. The number of hydrogen-bond acceptors (Lipinski definition) is 6. The molecule has 0 N–H and O–H groups in total. The maximum atomic E-state index is 6.23. The Kier molecular flexibility index (Phi) is 4.63. The number of ether oxygens (including phenoxy) is 3.